The van der Waals surface area contributed by atoms with Gasteiger partial charge in [0.05, 0.1) is 11.0 Å². The van der Waals surface area contributed by atoms with E-state index >= 15 is 0 Å². The van der Waals surface area contributed by atoms with Crippen LogP contribution in [0.5, 0.6) is 0 Å². The minimum Gasteiger partial charge on any atom is -0.480 e. The zero-order valence-corrected chi connectivity index (χ0v) is 14.5. The van der Waals surface area contributed by atoms with Crippen molar-refractivity contribution in [3.05, 3.63) is 65.0 Å². The summed E-state index contributed by atoms with van der Waals surface area (Å²) in [5.41, 5.74) is 4.06. The zero-order valence-electron chi connectivity index (χ0n) is 14.5. The molecule has 0 radical (unpaired) electrons. The maximum atomic E-state index is 11.9. The van der Waals surface area contributed by atoms with Gasteiger partial charge in [0.1, 0.15) is 11.4 Å². The molecule has 2 aromatic carbocycles. The van der Waals surface area contributed by atoms with Crippen molar-refractivity contribution in [2.75, 3.05) is 0 Å². The Morgan fingerprint density at radius 3 is 2.38 bits per heavy atom. The first-order valence-electron chi connectivity index (χ1n) is 8.07. The molecule has 1 heterocycles. The van der Waals surface area contributed by atoms with Crippen molar-refractivity contribution in [2.24, 2.45) is 0 Å². The molecule has 1 N–H and O–H groups in total. The number of aliphatic carboxylic acids is 1. The fraction of sp³-hybridized carbons (Fsp3) is 0.300. The van der Waals surface area contributed by atoms with E-state index < -0.39 is 11.5 Å². The molecule has 24 heavy (non-hydrogen) atoms. The van der Waals surface area contributed by atoms with Crippen molar-refractivity contribution in [3.8, 4) is 0 Å². The van der Waals surface area contributed by atoms with E-state index in [1.165, 1.54) is 0 Å². The van der Waals surface area contributed by atoms with Crippen LogP contribution in [-0.2, 0) is 16.8 Å². The lowest BCUT2D eigenvalue weighted by Crippen LogP contribution is -2.36. The van der Waals surface area contributed by atoms with Gasteiger partial charge in [0.2, 0.25) is 0 Å². The van der Waals surface area contributed by atoms with E-state index in [-0.39, 0.29) is 0 Å². The molecule has 0 saturated heterocycles. The molecule has 0 saturated carbocycles. The molecule has 3 aromatic rings. The maximum absolute atomic E-state index is 11.9. The first-order chi connectivity index (χ1) is 11.3. The summed E-state index contributed by atoms with van der Waals surface area (Å²) < 4.78 is 1.87. The van der Waals surface area contributed by atoms with Crippen LogP contribution in [0.25, 0.3) is 11.0 Å². The van der Waals surface area contributed by atoms with Crippen LogP contribution >= 0.6 is 0 Å². The van der Waals surface area contributed by atoms with Crippen molar-refractivity contribution in [2.45, 2.75) is 39.7 Å². The molecule has 0 amide bonds. The topological polar surface area (TPSA) is 55.1 Å². The highest BCUT2D eigenvalue weighted by Crippen LogP contribution is 2.29. The van der Waals surface area contributed by atoms with Gasteiger partial charge in [0.15, 0.2) is 0 Å². The van der Waals surface area contributed by atoms with Gasteiger partial charge in [-0.05, 0) is 56.5 Å². The monoisotopic (exact) mass is 322 g/mol. The Hall–Kier alpha value is -2.62. The highest BCUT2D eigenvalue weighted by Gasteiger charge is 2.33. The summed E-state index contributed by atoms with van der Waals surface area (Å²) in [5.74, 6) is -0.0945. The van der Waals surface area contributed by atoms with Gasteiger partial charge in [-0.15, -0.1) is 0 Å². The van der Waals surface area contributed by atoms with E-state index in [2.05, 4.69) is 0 Å². The van der Waals surface area contributed by atoms with Crippen LogP contribution in [0.4, 0.5) is 0 Å². The Bertz CT molecular complexity index is 908. The molecule has 0 unspecified atom stereocenters. The molecule has 0 fully saturated rings. The van der Waals surface area contributed by atoms with E-state index in [0.717, 1.165) is 33.5 Å². The van der Waals surface area contributed by atoms with Crippen molar-refractivity contribution < 1.29 is 9.90 Å². The number of carboxylic acid groups (broad SMARTS) is 1. The van der Waals surface area contributed by atoms with Gasteiger partial charge < -0.3 is 9.67 Å². The van der Waals surface area contributed by atoms with Crippen molar-refractivity contribution in [1.82, 2.24) is 9.55 Å². The van der Waals surface area contributed by atoms with Gasteiger partial charge in [-0.3, -0.25) is 0 Å². The lowest BCUT2D eigenvalue weighted by molar-refractivity contribution is -0.145. The highest BCUT2D eigenvalue weighted by molar-refractivity contribution is 5.83. The van der Waals surface area contributed by atoms with Gasteiger partial charge in [-0.1, -0.05) is 30.3 Å². The number of carboxylic acids is 1. The summed E-state index contributed by atoms with van der Waals surface area (Å²) >= 11 is 0. The number of hydrogen-bond donors (Lipinski definition) is 1. The third-order valence-electron chi connectivity index (χ3n) is 4.63. The summed E-state index contributed by atoms with van der Waals surface area (Å²) in [4.78, 5) is 16.6. The highest BCUT2D eigenvalue weighted by atomic mass is 16.4. The lowest BCUT2D eigenvalue weighted by atomic mass is 10.0. The van der Waals surface area contributed by atoms with Crippen LogP contribution in [0, 0.1) is 13.8 Å². The average Bonchev–Trinajstić information content (AvgIpc) is 2.86. The minimum atomic E-state index is -1.07. The van der Waals surface area contributed by atoms with Crippen LogP contribution in [0.1, 0.15) is 36.4 Å². The van der Waals surface area contributed by atoms with Crippen LogP contribution in [0.15, 0.2) is 42.5 Å². The minimum absolute atomic E-state index is 0.602. The number of hydrogen-bond acceptors (Lipinski definition) is 2. The molecule has 0 aliphatic heterocycles. The quantitative estimate of drug-likeness (QED) is 0.788. The Labute approximate surface area is 141 Å². The average molecular weight is 322 g/mol. The molecule has 3 rings (SSSR count). The SMILES string of the molecule is Cc1cc2nc(Cc3ccccc3)n(C(C)(C)C(=O)O)c2cc1C. The summed E-state index contributed by atoms with van der Waals surface area (Å²) in [6.07, 6.45) is 0.602. The summed E-state index contributed by atoms with van der Waals surface area (Å²) in [5, 5.41) is 9.74. The van der Waals surface area contributed by atoms with Crippen LogP contribution in [-0.4, -0.2) is 20.6 Å². The molecule has 0 bridgehead atoms. The van der Waals surface area contributed by atoms with E-state index in [0.29, 0.717) is 6.42 Å². The number of imidazole rings is 1. The smallest absolute Gasteiger partial charge is 0.329 e. The fourth-order valence-electron chi connectivity index (χ4n) is 3.00. The van der Waals surface area contributed by atoms with Crippen LogP contribution in [0.3, 0.4) is 0 Å². The molecule has 4 nitrogen and oxygen atoms in total. The molecule has 0 aliphatic carbocycles. The maximum Gasteiger partial charge on any atom is 0.329 e. The van der Waals surface area contributed by atoms with Crippen molar-refractivity contribution >= 4 is 17.0 Å². The van der Waals surface area contributed by atoms with E-state index in [9.17, 15) is 9.90 Å². The van der Waals surface area contributed by atoms with E-state index in [1.807, 2.05) is 60.9 Å². The number of aryl methyl sites for hydroxylation is 2. The van der Waals surface area contributed by atoms with Gasteiger partial charge in [0, 0.05) is 6.42 Å². The molecular weight excluding hydrogens is 300 g/mol. The third kappa shape index (κ3) is 2.68. The molecule has 4 heteroatoms. The number of benzene rings is 2. The Balaban J connectivity index is 2.25. The van der Waals surface area contributed by atoms with Crippen molar-refractivity contribution in [1.29, 1.82) is 0 Å². The second kappa shape index (κ2) is 5.78. The van der Waals surface area contributed by atoms with Gasteiger partial charge in [-0.2, -0.15) is 0 Å². The number of aromatic nitrogens is 2. The summed E-state index contributed by atoms with van der Waals surface area (Å²) in [6.45, 7) is 7.53. The lowest BCUT2D eigenvalue weighted by Gasteiger charge is -2.25. The van der Waals surface area contributed by atoms with Crippen LogP contribution < -0.4 is 0 Å². The Morgan fingerprint density at radius 2 is 1.75 bits per heavy atom. The molecule has 0 aliphatic rings. The standard InChI is InChI=1S/C20H22N2O2/c1-13-10-16-17(11-14(13)2)22(20(3,4)19(23)24)18(21-16)12-15-8-6-5-7-9-15/h5-11H,12H2,1-4H3,(H,23,24). The van der Waals surface area contributed by atoms with E-state index in [4.69, 9.17) is 4.98 Å². The van der Waals surface area contributed by atoms with E-state index in [1.54, 1.807) is 13.8 Å². The second-order valence-corrected chi connectivity index (χ2v) is 6.82. The number of nitrogens with zero attached hydrogens (tertiary/aromatic N) is 2. The largest absolute Gasteiger partial charge is 0.480 e. The first kappa shape index (κ1) is 16.2. The third-order valence-corrected chi connectivity index (χ3v) is 4.63. The Morgan fingerprint density at radius 1 is 1.12 bits per heavy atom. The summed E-state index contributed by atoms with van der Waals surface area (Å²) in [6, 6.07) is 14.1. The molecule has 0 spiro atoms. The fourth-order valence-corrected chi connectivity index (χ4v) is 3.00. The Kier molecular flexibility index (Phi) is 3.91. The van der Waals surface area contributed by atoms with Gasteiger partial charge >= 0.3 is 5.97 Å². The molecule has 0 atom stereocenters. The van der Waals surface area contributed by atoms with Crippen molar-refractivity contribution in [3.63, 3.8) is 0 Å². The second-order valence-electron chi connectivity index (χ2n) is 6.82. The molecule has 124 valence electrons. The predicted octanol–water partition coefficient (Wildman–Crippen LogP) is 4.06. The first-order valence-corrected chi connectivity index (χ1v) is 8.07. The zero-order chi connectivity index (χ0) is 17.5. The number of fused-ring (bicyclic) bond motifs is 1. The number of rotatable bonds is 4. The normalized spacial score (nSPS) is 11.8. The molecular formula is C20H22N2O2. The predicted molar refractivity (Wildman–Crippen MR) is 95.4 cm³/mol. The van der Waals surface area contributed by atoms with Gasteiger partial charge in [0.25, 0.3) is 0 Å². The summed E-state index contributed by atoms with van der Waals surface area (Å²) in [7, 11) is 0. The molecule has 1 aromatic heterocycles. The number of carbonyl (C=O) groups is 1. The van der Waals surface area contributed by atoms with Gasteiger partial charge in [-0.25, -0.2) is 9.78 Å². The van der Waals surface area contributed by atoms with Crippen LogP contribution in [0.2, 0.25) is 0 Å².